The number of carbonyl (C=O) groups is 2. The highest BCUT2D eigenvalue weighted by Gasteiger charge is 2.58. The van der Waals surface area contributed by atoms with Crippen molar-refractivity contribution in [2.45, 2.75) is 19.9 Å². The molecule has 2 fully saturated rings. The molecule has 9 heteroatoms. The second-order valence-corrected chi connectivity index (χ2v) is 7.32. The molecular weight excluding hydrogens is 471 g/mol. The van der Waals surface area contributed by atoms with Crippen LogP contribution in [0.15, 0.2) is 35.9 Å². The third-order valence-electron chi connectivity index (χ3n) is 5.72. The number of likely N-dealkylation sites (tertiary alicyclic amines) is 1. The zero-order valence-corrected chi connectivity index (χ0v) is 18.3. The maximum absolute atomic E-state index is 12.7. The van der Waals surface area contributed by atoms with E-state index in [2.05, 4.69) is 32.8 Å². The van der Waals surface area contributed by atoms with E-state index >= 15 is 0 Å². The summed E-state index contributed by atoms with van der Waals surface area (Å²) in [5, 5.41) is 6.45. The molecule has 1 aliphatic heterocycles. The second-order valence-electron chi connectivity index (χ2n) is 7.32. The Balaban J connectivity index is 0.00000225. The molecule has 152 valence electrons. The Morgan fingerprint density at radius 3 is 2.50 bits per heavy atom. The van der Waals surface area contributed by atoms with Gasteiger partial charge in [-0.1, -0.05) is 12.2 Å². The molecule has 2 heterocycles. The Hall–Kier alpha value is -1.91. The van der Waals surface area contributed by atoms with E-state index in [-0.39, 0.29) is 59.5 Å². The van der Waals surface area contributed by atoms with Crippen molar-refractivity contribution in [2.24, 2.45) is 28.7 Å². The van der Waals surface area contributed by atoms with Crippen LogP contribution in [-0.4, -0.2) is 58.4 Å². The fraction of sp³-hybridized carbons (Fsp3) is 0.579. The third kappa shape index (κ3) is 3.94. The van der Waals surface area contributed by atoms with E-state index in [0.717, 1.165) is 19.5 Å². The van der Waals surface area contributed by atoms with E-state index in [1.165, 1.54) is 4.90 Å². The molecule has 2 aliphatic carbocycles. The van der Waals surface area contributed by atoms with Crippen molar-refractivity contribution in [2.75, 3.05) is 26.2 Å². The number of allylic oxidation sites excluding steroid dienone is 2. The van der Waals surface area contributed by atoms with Gasteiger partial charge in [0.25, 0.3) is 0 Å². The number of hydrogen-bond acceptors (Lipinski definition) is 4. The number of fused-ring (bicyclic) bond motifs is 5. The number of imidazole rings is 1. The highest BCUT2D eigenvalue weighted by Crippen LogP contribution is 2.52. The molecule has 1 saturated heterocycles. The zero-order chi connectivity index (χ0) is 18.8. The number of nitrogens with zero attached hydrogens (tertiary/aromatic N) is 4. The number of aliphatic imine (C=N–C) groups is 1. The van der Waals surface area contributed by atoms with Crippen molar-refractivity contribution in [1.82, 2.24) is 25.1 Å². The molecule has 0 aromatic carbocycles. The van der Waals surface area contributed by atoms with Crippen LogP contribution in [-0.2, 0) is 16.1 Å². The fourth-order valence-electron chi connectivity index (χ4n) is 4.51. The summed E-state index contributed by atoms with van der Waals surface area (Å²) in [4.78, 5) is 35.3. The summed E-state index contributed by atoms with van der Waals surface area (Å²) >= 11 is 0. The molecule has 4 atom stereocenters. The number of halogens is 1. The molecule has 1 aromatic rings. The first-order chi connectivity index (χ1) is 13.2. The molecule has 28 heavy (non-hydrogen) atoms. The minimum absolute atomic E-state index is 0. The Morgan fingerprint density at radius 1 is 1.18 bits per heavy atom. The van der Waals surface area contributed by atoms with Crippen LogP contribution >= 0.6 is 24.0 Å². The first-order valence-electron chi connectivity index (χ1n) is 9.70. The van der Waals surface area contributed by atoms with Gasteiger partial charge in [-0.15, -0.1) is 24.0 Å². The van der Waals surface area contributed by atoms with Crippen molar-refractivity contribution in [3.8, 4) is 0 Å². The van der Waals surface area contributed by atoms with E-state index in [0.29, 0.717) is 25.6 Å². The smallest absolute Gasteiger partial charge is 0.233 e. The normalized spacial score (nSPS) is 27.9. The molecule has 0 radical (unpaired) electrons. The van der Waals surface area contributed by atoms with E-state index in [9.17, 15) is 9.59 Å². The fourth-order valence-corrected chi connectivity index (χ4v) is 4.51. The lowest BCUT2D eigenvalue weighted by molar-refractivity contribution is -0.140. The number of nitrogens with one attached hydrogen (secondary N) is 2. The van der Waals surface area contributed by atoms with Gasteiger partial charge >= 0.3 is 0 Å². The first-order valence-corrected chi connectivity index (χ1v) is 9.70. The molecule has 4 unspecified atom stereocenters. The van der Waals surface area contributed by atoms with Crippen molar-refractivity contribution >= 4 is 41.8 Å². The number of amides is 2. The minimum Gasteiger partial charge on any atom is -0.357 e. The summed E-state index contributed by atoms with van der Waals surface area (Å²) in [6.07, 6.45) is 10.6. The Bertz CT molecular complexity index is 732. The number of guanidine groups is 1. The van der Waals surface area contributed by atoms with E-state index in [1.54, 1.807) is 12.5 Å². The molecular formula is C19H27IN6O2. The number of aromatic nitrogens is 2. The number of rotatable bonds is 7. The summed E-state index contributed by atoms with van der Waals surface area (Å²) in [5.41, 5.74) is 0. The van der Waals surface area contributed by atoms with Gasteiger partial charge in [-0.3, -0.25) is 19.5 Å². The Kier molecular flexibility index (Phi) is 6.73. The van der Waals surface area contributed by atoms with Crippen molar-refractivity contribution < 1.29 is 9.59 Å². The van der Waals surface area contributed by atoms with E-state index in [4.69, 9.17) is 0 Å². The van der Waals surface area contributed by atoms with Gasteiger partial charge in [0.15, 0.2) is 5.96 Å². The molecule has 2 bridgehead atoms. The summed E-state index contributed by atoms with van der Waals surface area (Å²) < 4.78 is 1.99. The van der Waals surface area contributed by atoms with Crippen LogP contribution in [0.3, 0.4) is 0 Å². The lowest BCUT2D eigenvalue weighted by Crippen LogP contribution is -2.40. The van der Waals surface area contributed by atoms with Crippen LogP contribution in [0.1, 0.15) is 13.3 Å². The predicted octanol–water partition coefficient (Wildman–Crippen LogP) is 0.863. The molecule has 3 aliphatic rings. The average Bonchev–Trinajstić information content (AvgIpc) is 3.43. The largest absolute Gasteiger partial charge is 0.357 e. The standard InChI is InChI=1S/C19H26N6O2.HI/c1-2-21-19(22-6-9-24-8-5-20-12-24)23-7-10-25-17(26)15-13-3-4-14(11-13)16(15)18(25)27;/h3-5,8,12-16H,2,6-7,9-11H2,1H3,(H2,21,22,23);1H. The van der Waals surface area contributed by atoms with Crippen LogP contribution < -0.4 is 10.6 Å². The summed E-state index contributed by atoms with van der Waals surface area (Å²) in [6, 6.07) is 0. The Labute approximate surface area is 181 Å². The van der Waals surface area contributed by atoms with Crippen molar-refractivity contribution in [1.29, 1.82) is 0 Å². The summed E-state index contributed by atoms with van der Waals surface area (Å²) in [5.74, 6) is 0.944. The first kappa shape index (κ1) is 20.8. The zero-order valence-electron chi connectivity index (χ0n) is 16.0. The molecule has 0 spiro atoms. The second kappa shape index (κ2) is 9.06. The van der Waals surface area contributed by atoms with Gasteiger partial charge in [-0.2, -0.15) is 0 Å². The molecule has 1 aromatic heterocycles. The summed E-state index contributed by atoms with van der Waals surface area (Å²) in [6.45, 7) is 5.00. The molecule has 8 nitrogen and oxygen atoms in total. The maximum atomic E-state index is 12.7. The van der Waals surface area contributed by atoms with Crippen molar-refractivity contribution in [3.05, 3.63) is 30.9 Å². The van der Waals surface area contributed by atoms with Gasteiger partial charge in [0, 0.05) is 38.6 Å². The van der Waals surface area contributed by atoms with Crippen LogP contribution in [0.25, 0.3) is 0 Å². The number of carbonyl (C=O) groups excluding carboxylic acids is 2. The van der Waals surface area contributed by atoms with E-state index in [1.807, 2.05) is 17.7 Å². The average molecular weight is 498 g/mol. The van der Waals surface area contributed by atoms with Gasteiger partial charge in [0.1, 0.15) is 0 Å². The maximum Gasteiger partial charge on any atom is 0.233 e. The highest BCUT2D eigenvalue weighted by atomic mass is 127. The Morgan fingerprint density at radius 2 is 1.89 bits per heavy atom. The predicted molar refractivity (Wildman–Crippen MR) is 116 cm³/mol. The summed E-state index contributed by atoms with van der Waals surface area (Å²) in [7, 11) is 0. The van der Waals surface area contributed by atoms with Gasteiger partial charge in [-0.25, -0.2) is 4.98 Å². The third-order valence-corrected chi connectivity index (χ3v) is 5.72. The molecule has 1 saturated carbocycles. The number of imide groups is 1. The SMILES string of the molecule is CCNC(=NCCN1C(=O)C2C3C=CC(C3)C2C1=O)NCCn1ccnc1.I. The van der Waals surface area contributed by atoms with Crippen LogP contribution in [0.2, 0.25) is 0 Å². The molecule has 4 rings (SSSR count). The minimum atomic E-state index is -0.127. The van der Waals surface area contributed by atoms with Crippen LogP contribution in [0.5, 0.6) is 0 Å². The van der Waals surface area contributed by atoms with Gasteiger partial charge in [0.2, 0.25) is 11.8 Å². The van der Waals surface area contributed by atoms with E-state index < -0.39 is 0 Å². The van der Waals surface area contributed by atoms with Crippen LogP contribution in [0, 0.1) is 23.7 Å². The van der Waals surface area contributed by atoms with Gasteiger partial charge in [0.05, 0.1) is 24.7 Å². The monoisotopic (exact) mass is 498 g/mol. The topological polar surface area (TPSA) is 91.6 Å². The quantitative estimate of drug-likeness (QED) is 0.191. The van der Waals surface area contributed by atoms with Crippen LogP contribution in [0.4, 0.5) is 0 Å². The van der Waals surface area contributed by atoms with Gasteiger partial charge in [-0.05, 0) is 25.2 Å². The molecule has 2 amide bonds. The number of hydrogen-bond donors (Lipinski definition) is 2. The van der Waals surface area contributed by atoms with Crippen molar-refractivity contribution in [3.63, 3.8) is 0 Å². The lowest BCUT2D eigenvalue weighted by atomic mass is 9.85. The molecule has 2 N–H and O–H groups in total. The van der Waals surface area contributed by atoms with Gasteiger partial charge < -0.3 is 15.2 Å². The highest BCUT2D eigenvalue weighted by molar-refractivity contribution is 14.0. The lowest BCUT2D eigenvalue weighted by Gasteiger charge is -2.17.